The molecule has 39 heavy (non-hydrogen) atoms. The second-order valence-electron chi connectivity index (χ2n) is 8.19. The maximum atomic E-state index is 13.3. The van der Waals surface area contributed by atoms with Crippen LogP contribution in [0.2, 0.25) is 5.02 Å². The van der Waals surface area contributed by atoms with Gasteiger partial charge in [-0.1, -0.05) is 29.8 Å². The van der Waals surface area contributed by atoms with Crippen molar-refractivity contribution in [2.24, 2.45) is 0 Å². The fourth-order valence-corrected chi connectivity index (χ4v) is 5.52. The number of carbonyl (C=O) groups is 3. The van der Waals surface area contributed by atoms with Crippen LogP contribution in [0.15, 0.2) is 87.5 Å². The molecule has 2 heterocycles. The van der Waals surface area contributed by atoms with Gasteiger partial charge in [0.2, 0.25) is 0 Å². The van der Waals surface area contributed by atoms with Crippen molar-refractivity contribution < 1.29 is 36.7 Å². The standard InChI is InChI=1S/C26H24ClN3O8S/c1-3-36-25(32)22-19(28-26(33)29-23(22)20-10-7-13-37-20)15-38-24(31)16-11-12-18(27)21(14-16)39(34,35)30(2)17-8-5-4-6-9-17/h4-14,23H,3,15H2,1-2H3,(H2,28,29,33)/t23-/m0/s1. The molecule has 0 radical (unpaired) electrons. The Kier molecular flexibility index (Phi) is 8.27. The van der Waals surface area contributed by atoms with Gasteiger partial charge < -0.3 is 24.5 Å². The van der Waals surface area contributed by atoms with E-state index < -0.39 is 40.6 Å². The topological polar surface area (TPSA) is 144 Å². The number of sulfonamides is 1. The number of furan rings is 1. The van der Waals surface area contributed by atoms with E-state index in [0.29, 0.717) is 5.69 Å². The zero-order valence-corrected chi connectivity index (χ0v) is 22.4. The maximum absolute atomic E-state index is 13.3. The van der Waals surface area contributed by atoms with Crippen LogP contribution in [0, 0.1) is 0 Å². The van der Waals surface area contributed by atoms with Gasteiger partial charge in [-0.2, -0.15) is 0 Å². The normalized spacial score (nSPS) is 15.3. The van der Waals surface area contributed by atoms with Crippen LogP contribution in [0.5, 0.6) is 0 Å². The summed E-state index contributed by atoms with van der Waals surface area (Å²) in [7, 11) is -2.77. The third-order valence-corrected chi connectivity index (χ3v) is 8.02. The van der Waals surface area contributed by atoms with Gasteiger partial charge in [0, 0.05) is 7.05 Å². The highest BCUT2D eigenvalue weighted by atomic mass is 35.5. The van der Waals surface area contributed by atoms with Crippen LogP contribution >= 0.6 is 11.6 Å². The number of amides is 2. The summed E-state index contributed by atoms with van der Waals surface area (Å²) in [5.74, 6) is -1.39. The Bertz CT molecular complexity index is 1520. The Hall–Kier alpha value is -4.29. The number of urea groups is 1. The molecule has 0 bridgehead atoms. The number of rotatable bonds is 9. The zero-order chi connectivity index (χ0) is 28.2. The van der Waals surface area contributed by atoms with Crippen LogP contribution < -0.4 is 14.9 Å². The van der Waals surface area contributed by atoms with Crippen LogP contribution in [-0.4, -0.2) is 46.6 Å². The van der Waals surface area contributed by atoms with E-state index in [-0.39, 0.29) is 39.1 Å². The van der Waals surface area contributed by atoms with E-state index in [1.54, 1.807) is 49.4 Å². The Labute approximate surface area is 229 Å². The molecule has 1 aliphatic rings. The first-order valence-corrected chi connectivity index (χ1v) is 13.5. The number of benzene rings is 2. The van der Waals surface area contributed by atoms with Crippen LogP contribution in [0.4, 0.5) is 10.5 Å². The van der Waals surface area contributed by atoms with Gasteiger partial charge in [-0.05, 0) is 49.4 Å². The van der Waals surface area contributed by atoms with E-state index in [0.717, 1.165) is 10.4 Å². The molecule has 204 valence electrons. The molecule has 1 aromatic heterocycles. The van der Waals surface area contributed by atoms with Crippen molar-refractivity contribution in [2.45, 2.75) is 17.9 Å². The Morgan fingerprint density at radius 2 is 1.79 bits per heavy atom. The van der Waals surface area contributed by atoms with Crippen molar-refractivity contribution in [3.63, 3.8) is 0 Å². The average Bonchev–Trinajstić information content (AvgIpc) is 3.46. The largest absolute Gasteiger partial charge is 0.467 e. The quantitative estimate of drug-likeness (QED) is 0.368. The molecule has 0 saturated carbocycles. The highest BCUT2D eigenvalue weighted by Crippen LogP contribution is 2.30. The highest BCUT2D eigenvalue weighted by molar-refractivity contribution is 7.93. The number of hydrogen-bond donors (Lipinski definition) is 2. The monoisotopic (exact) mass is 573 g/mol. The molecule has 1 atom stereocenters. The van der Waals surface area contributed by atoms with Crippen LogP contribution in [0.1, 0.15) is 29.1 Å². The molecular formula is C26H24ClN3O8S. The van der Waals surface area contributed by atoms with Crippen molar-refractivity contribution in [1.82, 2.24) is 10.6 Å². The third-order valence-electron chi connectivity index (χ3n) is 5.75. The average molecular weight is 574 g/mol. The fraction of sp³-hybridized carbons (Fsp3) is 0.192. The minimum absolute atomic E-state index is 0.0111. The van der Waals surface area contributed by atoms with E-state index in [4.69, 9.17) is 25.5 Å². The maximum Gasteiger partial charge on any atom is 0.338 e. The Morgan fingerprint density at radius 1 is 1.05 bits per heavy atom. The number of para-hydroxylation sites is 1. The molecule has 0 fully saturated rings. The third kappa shape index (κ3) is 5.91. The smallest absolute Gasteiger partial charge is 0.338 e. The van der Waals surface area contributed by atoms with Crippen molar-refractivity contribution in [2.75, 3.05) is 24.6 Å². The van der Waals surface area contributed by atoms with Gasteiger partial charge in [-0.3, -0.25) is 4.31 Å². The summed E-state index contributed by atoms with van der Waals surface area (Å²) in [4.78, 5) is 37.7. The molecule has 11 nitrogen and oxygen atoms in total. The highest BCUT2D eigenvalue weighted by Gasteiger charge is 2.36. The van der Waals surface area contributed by atoms with Gasteiger partial charge in [0.25, 0.3) is 10.0 Å². The van der Waals surface area contributed by atoms with E-state index in [9.17, 15) is 22.8 Å². The van der Waals surface area contributed by atoms with E-state index in [1.807, 2.05) is 0 Å². The number of anilines is 1. The molecule has 2 aromatic carbocycles. The summed E-state index contributed by atoms with van der Waals surface area (Å²) in [6, 6.07) is 13.5. The number of nitrogens with one attached hydrogen (secondary N) is 2. The number of nitrogens with zero attached hydrogens (tertiary/aromatic N) is 1. The summed E-state index contributed by atoms with van der Waals surface area (Å²) >= 11 is 6.20. The van der Waals surface area contributed by atoms with Gasteiger partial charge in [-0.25, -0.2) is 22.8 Å². The lowest BCUT2D eigenvalue weighted by molar-refractivity contribution is -0.139. The van der Waals surface area contributed by atoms with E-state index >= 15 is 0 Å². The zero-order valence-electron chi connectivity index (χ0n) is 20.8. The molecule has 0 aliphatic carbocycles. The lowest BCUT2D eigenvalue weighted by Crippen LogP contribution is -2.47. The Morgan fingerprint density at radius 3 is 2.46 bits per heavy atom. The molecule has 0 spiro atoms. The second kappa shape index (κ2) is 11.6. The minimum Gasteiger partial charge on any atom is -0.467 e. The van der Waals surface area contributed by atoms with Gasteiger partial charge in [-0.15, -0.1) is 0 Å². The van der Waals surface area contributed by atoms with Gasteiger partial charge >= 0.3 is 18.0 Å². The number of carbonyl (C=O) groups excluding carboxylic acids is 3. The first-order valence-electron chi connectivity index (χ1n) is 11.6. The first kappa shape index (κ1) is 27.7. The minimum atomic E-state index is -4.13. The van der Waals surface area contributed by atoms with Gasteiger partial charge in [0.1, 0.15) is 23.3 Å². The van der Waals surface area contributed by atoms with Crippen molar-refractivity contribution in [3.8, 4) is 0 Å². The molecule has 2 amide bonds. The molecular weight excluding hydrogens is 550 g/mol. The summed E-state index contributed by atoms with van der Waals surface area (Å²) < 4.78 is 43.4. The molecule has 1 aliphatic heterocycles. The van der Waals surface area contributed by atoms with Crippen LogP contribution in [0.25, 0.3) is 0 Å². The first-order chi connectivity index (χ1) is 18.6. The van der Waals surface area contributed by atoms with E-state index in [2.05, 4.69) is 10.6 Å². The van der Waals surface area contributed by atoms with Crippen LogP contribution in [0.3, 0.4) is 0 Å². The molecule has 4 rings (SSSR count). The van der Waals surface area contributed by atoms with Crippen LogP contribution in [-0.2, 0) is 24.3 Å². The molecule has 2 N–H and O–H groups in total. The number of hydrogen-bond acceptors (Lipinski definition) is 8. The summed E-state index contributed by atoms with van der Waals surface area (Å²) in [5, 5.41) is 4.96. The summed E-state index contributed by atoms with van der Waals surface area (Å²) in [5.41, 5.74) is 0.258. The fourth-order valence-electron chi connectivity index (χ4n) is 3.82. The van der Waals surface area contributed by atoms with Crippen molar-refractivity contribution >= 4 is 45.3 Å². The van der Waals surface area contributed by atoms with Crippen molar-refractivity contribution in [1.29, 1.82) is 0 Å². The molecule has 0 saturated heterocycles. The lowest BCUT2D eigenvalue weighted by Gasteiger charge is -2.27. The number of halogens is 1. The van der Waals surface area contributed by atoms with Gasteiger partial charge in [0.15, 0.2) is 0 Å². The van der Waals surface area contributed by atoms with Crippen molar-refractivity contribution in [3.05, 3.63) is 94.5 Å². The molecule has 13 heteroatoms. The SMILES string of the molecule is CCOC(=O)C1=C(COC(=O)c2ccc(Cl)c(S(=O)(=O)N(C)c3ccccc3)c2)NC(=O)N[C@H]1c1ccco1. The second-order valence-corrected chi connectivity index (χ2v) is 10.5. The van der Waals surface area contributed by atoms with Gasteiger partial charge in [0.05, 0.1) is 40.4 Å². The molecule has 3 aromatic rings. The summed E-state index contributed by atoms with van der Waals surface area (Å²) in [6.07, 6.45) is 1.38. The Balaban J connectivity index is 1.61. The number of esters is 2. The van der Waals surface area contributed by atoms with E-state index in [1.165, 1.54) is 25.4 Å². The lowest BCUT2D eigenvalue weighted by atomic mass is 10.0. The summed E-state index contributed by atoms with van der Waals surface area (Å²) in [6.45, 7) is 1.16. The molecule has 0 unspecified atom stereocenters. The predicted octanol–water partition coefficient (Wildman–Crippen LogP) is 3.79. The predicted molar refractivity (Wildman–Crippen MR) is 141 cm³/mol. The number of ether oxygens (including phenoxy) is 2.